The van der Waals surface area contributed by atoms with Crippen LogP contribution < -0.4 is 10.1 Å². The monoisotopic (exact) mass is 354 g/mol. The van der Waals surface area contributed by atoms with Crippen molar-refractivity contribution in [3.63, 3.8) is 0 Å². The molecule has 0 unspecified atom stereocenters. The van der Waals surface area contributed by atoms with E-state index in [-0.39, 0.29) is 11.7 Å². The largest absolute Gasteiger partial charge is 0.496 e. The number of aryl methyl sites for hydroxylation is 1. The Morgan fingerprint density at radius 2 is 1.92 bits per heavy atom. The Kier molecular flexibility index (Phi) is 5.63. The summed E-state index contributed by atoms with van der Waals surface area (Å²) in [6, 6.07) is 13.6. The van der Waals surface area contributed by atoms with E-state index in [0.29, 0.717) is 25.1 Å². The summed E-state index contributed by atoms with van der Waals surface area (Å²) < 4.78 is 23.4. The number of hydrogen-bond donors (Lipinski definition) is 1. The van der Waals surface area contributed by atoms with Gasteiger partial charge >= 0.3 is 0 Å². The first kappa shape index (κ1) is 17.7. The zero-order valence-electron chi connectivity index (χ0n) is 14.4. The molecule has 134 valence electrons. The van der Waals surface area contributed by atoms with Crippen LogP contribution in [0.1, 0.15) is 17.5 Å². The lowest BCUT2D eigenvalue weighted by Gasteiger charge is -2.09. The Bertz CT molecular complexity index is 875. The number of aromatic nitrogens is 1. The Labute approximate surface area is 150 Å². The SMILES string of the molecule is COc1ccccc1CNC(=O)CCc1conc1-c1ccc(F)cc1. The van der Waals surface area contributed by atoms with Gasteiger partial charge in [-0.25, -0.2) is 4.39 Å². The van der Waals surface area contributed by atoms with Gasteiger partial charge < -0.3 is 14.6 Å². The van der Waals surface area contributed by atoms with E-state index in [0.717, 1.165) is 22.4 Å². The number of hydrogen-bond acceptors (Lipinski definition) is 4. The molecule has 1 aromatic heterocycles. The molecule has 6 heteroatoms. The van der Waals surface area contributed by atoms with Gasteiger partial charge in [-0.3, -0.25) is 4.79 Å². The van der Waals surface area contributed by atoms with Gasteiger partial charge in [-0.1, -0.05) is 23.4 Å². The summed E-state index contributed by atoms with van der Waals surface area (Å²) >= 11 is 0. The third kappa shape index (κ3) is 4.27. The van der Waals surface area contributed by atoms with E-state index in [1.54, 1.807) is 19.2 Å². The smallest absolute Gasteiger partial charge is 0.220 e. The standard InChI is InChI=1S/C20H19FN2O3/c1-25-18-5-3-2-4-15(18)12-22-19(24)11-8-16-13-26-23-20(16)14-6-9-17(21)10-7-14/h2-7,9-10,13H,8,11-12H2,1H3,(H,22,24). The van der Waals surface area contributed by atoms with Crippen molar-refractivity contribution in [3.8, 4) is 17.0 Å². The van der Waals surface area contributed by atoms with Crippen LogP contribution in [-0.4, -0.2) is 18.2 Å². The second-order valence-corrected chi connectivity index (χ2v) is 5.78. The number of benzene rings is 2. The molecular formula is C20H19FN2O3. The highest BCUT2D eigenvalue weighted by Gasteiger charge is 2.12. The van der Waals surface area contributed by atoms with Crippen molar-refractivity contribution in [3.05, 3.63) is 71.7 Å². The maximum Gasteiger partial charge on any atom is 0.220 e. The normalized spacial score (nSPS) is 10.5. The maximum absolute atomic E-state index is 13.1. The average Bonchev–Trinajstić information content (AvgIpc) is 3.14. The first-order chi connectivity index (χ1) is 12.7. The summed E-state index contributed by atoms with van der Waals surface area (Å²) in [5.41, 5.74) is 3.11. The van der Waals surface area contributed by atoms with E-state index in [1.165, 1.54) is 18.4 Å². The molecule has 0 saturated heterocycles. The highest BCUT2D eigenvalue weighted by molar-refractivity contribution is 5.76. The molecule has 3 aromatic rings. The van der Waals surface area contributed by atoms with Gasteiger partial charge in [-0.15, -0.1) is 0 Å². The summed E-state index contributed by atoms with van der Waals surface area (Å²) in [7, 11) is 1.60. The number of halogens is 1. The molecule has 1 amide bonds. The fraction of sp³-hybridized carbons (Fsp3) is 0.200. The summed E-state index contributed by atoms with van der Waals surface area (Å²) in [6.45, 7) is 0.400. The third-order valence-electron chi connectivity index (χ3n) is 4.05. The molecule has 0 bridgehead atoms. The molecule has 0 saturated carbocycles. The van der Waals surface area contributed by atoms with E-state index in [2.05, 4.69) is 10.5 Å². The number of amides is 1. The van der Waals surface area contributed by atoms with Gasteiger partial charge in [-0.05, 0) is 36.8 Å². The molecule has 1 heterocycles. The Morgan fingerprint density at radius 3 is 2.69 bits per heavy atom. The van der Waals surface area contributed by atoms with Crippen molar-refractivity contribution in [1.82, 2.24) is 10.5 Å². The number of nitrogens with zero attached hydrogens (tertiary/aromatic N) is 1. The van der Waals surface area contributed by atoms with Gasteiger partial charge in [-0.2, -0.15) is 0 Å². The molecule has 0 spiro atoms. The van der Waals surface area contributed by atoms with Gasteiger partial charge in [0, 0.05) is 29.7 Å². The van der Waals surface area contributed by atoms with Crippen molar-refractivity contribution < 1.29 is 18.4 Å². The zero-order chi connectivity index (χ0) is 18.4. The zero-order valence-corrected chi connectivity index (χ0v) is 14.4. The first-order valence-electron chi connectivity index (χ1n) is 8.25. The molecule has 0 aliphatic rings. The van der Waals surface area contributed by atoms with E-state index < -0.39 is 0 Å². The molecule has 2 aromatic carbocycles. The lowest BCUT2D eigenvalue weighted by molar-refractivity contribution is -0.121. The second-order valence-electron chi connectivity index (χ2n) is 5.78. The minimum atomic E-state index is -0.311. The number of methoxy groups -OCH3 is 1. The fourth-order valence-electron chi connectivity index (χ4n) is 2.66. The van der Waals surface area contributed by atoms with Gasteiger partial charge in [0.2, 0.25) is 5.91 Å². The van der Waals surface area contributed by atoms with Crippen LogP contribution in [0, 0.1) is 5.82 Å². The van der Waals surface area contributed by atoms with Crippen molar-refractivity contribution in [2.75, 3.05) is 7.11 Å². The summed E-state index contributed by atoms with van der Waals surface area (Å²) in [5.74, 6) is 0.349. The fourth-order valence-corrected chi connectivity index (χ4v) is 2.66. The van der Waals surface area contributed by atoms with Crippen molar-refractivity contribution in [1.29, 1.82) is 0 Å². The van der Waals surface area contributed by atoms with Crippen LogP contribution in [0.4, 0.5) is 4.39 Å². The summed E-state index contributed by atoms with van der Waals surface area (Å²) in [6.07, 6.45) is 2.30. The quantitative estimate of drug-likeness (QED) is 0.702. The number of carbonyl (C=O) groups is 1. The number of nitrogens with one attached hydrogen (secondary N) is 1. The Morgan fingerprint density at radius 1 is 1.15 bits per heavy atom. The van der Waals surface area contributed by atoms with Crippen LogP contribution in [0.25, 0.3) is 11.3 Å². The predicted octanol–water partition coefficient (Wildman–Crippen LogP) is 3.74. The number of carbonyl (C=O) groups excluding carboxylic acids is 1. The predicted molar refractivity (Wildman–Crippen MR) is 95.1 cm³/mol. The number of ether oxygens (including phenoxy) is 1. The minimum Gasteiger partial charge on any atom is -0.496 e. The second kappa shape index (κ2) is 8.29. The van der Waals surface area contributed by atoms with Crippen LogP contribution in [0.3, 0.4) is 0 Å². The molecule has 26 heavy (non-hydrogen) atoms. The van der Waals surface area contributed by atoms with Crippen molar-refractivity contribution in [2.45, 2.75) is 19.4 Å². The van der Waals surface area contributed by atoms with Crippen LogP contribution >= 0.6 is 0 Å². The topological polar surface area (TPSA) is 64.4 Å². The molecule has 0 atom stereocenters. The molecule has 0 fully saturated rings. The molecule has 1 N–H and O–H groups in total. The highest BCUT2D eigenvalue weighted by atomic mass is 19.1. The van der Waals surface area contributed by atoms with E-state index in [4.69, 9.17) is 9.26 Å². The highest BCUT2D eigenvalue weighted by Crippen LogP contribution is 2.23. The maximum atomic E-state index is 13.1. The molecule has 0 radical (unpaired) electrons. The number of rotatable bonds is 7. The molecule has 3 rings (SSSR count). The molecule has 0 aliphatic carbocycles. The van der Waals surface area contributed by atoms with Crippen molar-refractivity contribution >= 4 is 5.91 Å². The number of para-hydroxylation sites is 1. The van der Waals surface area contributed by atoms with Gasteiger partial charge in [0.1, 0.15) is 23.5 Å². The van der Waals surface area contributed by atoms with Crippen LogP contribution in [0.5, 0.6) is 5.75 Å². The molecular weight excluding hydrogens is 335 g/mol. The summed E-state index contributed by atoms with van der Waals surface area (Å²) in [5, 5.41) is 6.85. The van der Waals surface area contributed by atoms with Gasteiger partial charge in [0.25, 0.3) is 0 Å². The van der Waals surface area contributed by atoms with Gasteiger partial charge in [0.05, 0.1) is 7.11 Å². The van der Waals surface area contributed by atoms with Crippen LogP contribution in [0.2, 0.25) is 0 Å². The van der Waals surface area contributed by atoms with E-state index in [9.17, 15) is 9.18 Å². The minimum absolute atomic E-state index is 0.0813. The Balaban J connectivity index is 1.57. The van der Waals surface area contributed by atoms with Crippen molar-refractivity contribution in [2.24, 2.45) is 0 Å². The van der Waals surface area contributed by atoms with E-state index >= 15 is 0 Å². The molecule has 0 aliphatic heterocycles. The van der Waals surface area contributed by atoms with Crippen LogP contribution in [0.15, 0.2) is 59.3 Å². The van der Waals surface area contributed by atoms with Crippen LogP contribution in [-0.2, 0) is 17.8 Å². The average molecular weight is 354 g/mol. The lowest BCUT2D eigenvalue weighted by atomic mass is 10.0. The first-order valence-corrected chi connectivity index (χ1v) is 8.25. The summed E-state index contributed by atoms with van der Waals surface area (Å²) in [4.78, 5) is 12.2. The van der Waals surface area contributed by atoms with E-state index in [1.807, 2.05) is 24.3 Å². The third-order valence-corrected chi connectivity index (χ3v) is 4.05. The lowest BCUT2D eigenvalue weighted by Crippen LogP contribution is -2.23. The van der Waals surface area contributed by atoms with Gasteiger partial charge in [0.15, 0.2) is 0 Å². The molecule has 5 nitrogen and oxygen atoms in total. The Hall–Kier alpha value is -3.15.